The minimum Gasteiger partial charge on any atom is -0.313 e. The quantitative estimate of drug-likeness (QED) is 0.438. The topological polar surface area (TPSA) is 58.4 Å². The van der Waals surface area contributed by atoms with Gasteiger partial charge in [0.05, 0.1) is 4.92 Å². The second kappa shape index (κ2) is 8.63. The third kappa shape index (κ3) is 5.55. The molecule has 0 bridgehead atoms. The maximum atomic E-state index is 10.6. The van der Waals surface area contributed by atoms with Crippen molar-refractivity contribution in [2.45, 2.75) is 19.5 Å². The zero-order valence-electron chi connectivity index (χ0n) is 12.7. The summed E-state index contributed by atoms with van der Waals surface area (Å²) >= 11 is 1.18. The van der Waals surface area contributed by atoms with Gasteiger partial charge in [0.15, 0.2) is 0 Å². The van der Waals surface area contributed by atoms with Crippen LogP contribution >= 0.6 is 11.3 Å². The molecule has 0 atom stereocenters. The molecule has 0 saturated carbocycles. The van der Waals surface area contributed by atoms with Crippen molar-refractivity contribution < 1.29 is 4.92 Å². The van der Waals surface area contributed by atoms with E-state index in [0.717, 1.165) is 31.6 Å². The van der Waals surface area contributed by atoms with Crippen LogP contribution in [0.2, 0.25) is 0 Å². The third-order valence-electron chi connectivity index (χ3n) is 3.34. The molecule has 0 amide bonds. The largest absolute Gasteiger partial charge is 0.324 e. The van der Waals surface area contributed by atoms with Crippen molar-refractivity contribution in [2.75, 3.05) is 20.1 Å². The van der Waals surface area contributed by atoms with Crippen LogP contribution < -0.4 is 5.32 Å². The van der Waals surface area contributed by atoms with Gasteiger partial charge in [-0.15, -0.1) is 0 Å². The predicted octanol–water partition coefficient (Wildman–Crippen LogP) is 3.27. The number of thiophene rings is 1. The van der Waals surface area contributed by atoms with E-state index in [0.29, 0.717) is 6.54 Å². The molecule has 1 aromatic carbocycles. The number of rotatable bonds is 9. The molecule has 0 saturated heterocycles. The zero-order valence-corrected chi connectivity index (χ0v) is 13.5. The van der Waals surface area contributed by atoms with E-state index in [1.807, 2.05) is 11.4 Å². The van der Waals surface area contributed by atoms with Crippen LogP contribution in [0.3, 0.4) is 0 Å². The molecule has 118 valence electrons. The Labute approximate surface area is 134 Å². The molecular formula is C16H21N3O2S. The van der Waals surface area contributed by atoms with E-state index in [-0.39, 0.29) is 9.92 Å². The molecular weight excluding hydrogens is 298 g/mol. The van der Waals surface area contributed by atoms with Crippen LogP contribution in [-0.4, -0.2) is 30.0 Å². The van der Waals surface area contributed by atoms with Gasteiger partial charge >= 0.3 is 5.00 Å². The second-order valence-corrected chi connectivity index (χ2v) is 6.19. The molecule has 0 aliphatic carbocycles. The van der Waals surface area contributed by atoms with Crippen molar-refractivity contribution in [1.82, 2.24) is 10.2 Å². The summed E-state index contributed by atoms with van der Waals surface area (Å²) in [4.78, 5) is 12.6. The first kappa shape index (κ1) is 16.6. The van der Waals surface area contributed by atoms with E-state index in [2.05, 4.69) is 41.5 Å². The summed E-state index contributed by atoms with van der Waals surface area (Å²) in [7, 11) is 2.12. The number of nitrogens with zero attached hydrogens (tertiary/aromatic N) is 2. The van der Waals surface area contributed by atoms with Crippen LogP contribution in [0, 0.1) is 10.1 Å². The average Bonchev–Trinajstić information content (AvgIpc) is 2.97. The molecule has 0 radical (unpaired) electrons. The van der Waals surface area contributed by atoms with Crippen molar-refractivity contribution >= 4 is 16.3 Å². The first-order valence-corrected chi connectivity index (χ1v) is 8.18. The van der Waals surface area contributed by atoms with Crippen molar-refractivity contribution in [3.8, 4) is 0 Å². The lowest BCUT2D eigenvalue weighted by molar-refractivity contribution is -0.380. The molecule has 1 heterocycles. The Morgan fingerprint density at radius 1 is 1.27 bits per heavy atom. The molecule has 5 nitrogen and oxygen atoms in total. The average molecular weight is 319 g/mol. The monoisotopic (exact) mass is 319 g/mol. The molecule has 0 fully saturated rings. The smallest absolute Gasteiger partial charge is 0.313 e. The predicted molar refractivity (Wildman–Crippen MR) is 90.1 cm³/mol. The molecule has 0 spiro atoms. The number of nitro groups is 1. The van der Waals surface area contributed by atoms with E-state index in [1.54, 1.807) is 6.07 Å². The minimum absolute atomic E-state index is 0.208. The van der Waals surface area contributed by atoms with E-state index in [1.165, 1.54) is 16.9 Å². The van der Waals surface area contributed by atoms with Crippen molar-refractivity contribution in [2.24, 2.45) is 0 Å². The van der Waals surface area contributed by atoms with Gasteiger partial charge < -0.3 is 10.2 Å². The Hall–Kier alpha value is -1.76. The molecule has 0 unspecified atom stereocenters. The summed E-state index contributed by atoms with van der Waals surface area (Å²) in [6, 6.07) is 12.1. The molecule has 6 heteroatoms. The van der Waals surface area contributed by atoms with Crippen LogP contribution in [0.15, 0.2) is 41.8 Å². The van der Waals surface area contributed by atoms with Gasteiger partial charge in [-0.1, -0.05) is 41.7 Å². The fraction of sp³-hybridized carbons (Fsp3) is 0.375. The molecule has 1 N–H and O–H groups in total. The van der Waals surface area contributed by atoms with Gasteiger partial charge in [-0.3, -0.25) is 10.1 Å². The SMILES string of the molecule is CN(CCCNCc1csc([N+](=O)[O-])c1)Cc1ccccc1. The third-order valence-corrected chi connectivity index (χ3v) is 4.27. The number of nitrogens with one attached hydrogen (secondary N) is 1. The van der Waals surface area contributed by atoms with Crippen LogP contribution in [0.1, 0.15) is 17.5 Å². The van der Waals surface area contributed by atoms with Crippen molar-refractivity contribution in [1.29, 1.82) is 0 Å². The zero-order chi connectivity index (χ0) is 15.8. The van der Waals surface area contributed by atoms with E-state index >= 15 is 0 Å². The van der Waals surface area contributed by atoms with Gasteiger partial charge in [0.1, 0.15) is 0 Å². The minimum atomic E-state index is -0.341. The van der Waals surface area contributed by atoms with Gasteiger partial charge in [0.2, 0.25) is 0 Å². The van der Waals surface area contributed by atoms with Crippen LogP contribution in [0.25, 0.3) is 0 Å². The Kier molecular flexibility index (Phi) is 6.51. The molecule has 2 rings (SSSR count). The van der Waals surface area contributed by atoms with Gasteiger partial charge in [-0.2, -0.15) is 0 Å². The Morgan fingerprint density at radius 2 is 2.05 bits per heavy atom. The van der Waals surface area contributed by atoms with E-state index in [4.69, 9.17) is 0 Å². The lowest BCUT2D eigenvalue weighted by Gasteiger charge is -2.16. The first-order valence-electron chi connectivity index (χ1n) is 7.30. The Bertz CT molecular complexity index is 586. The Balaban J connectivity index is 1.59. The summed E-state index contributed by atoms with van der Waals surface area (Å²) in [5.74, 6) is 0. The highest BCUT2D eigenvalue weighted by Gasteiger charge is 2.08. The number of benzene rings is 1. The highest BCUT2D eigenvalue weighted by Crippen LogP contribution is 2.22. The second-order valence-electron chi connectivity index (χ2n) is 5.30. The van der Waals surface area contributed by atoms with Crippen LogP contribution in [-0.2, 0) is 13.1 Å². The highest BCUT2D eigenvalue weighted by molar-refractivity contribution is 7.13. The summed E-state index contributed by atoms with van der Waals surface area (Å²) < 4.78 is 0. The van der Waals surface area contributed by atoms with Gasteiger partial charge in [-0.25, -0.2) is 0 Å². The summed E-state index contributed by atoms with van der Waals surface area (Å²) in [6.45, 7) is 3.57. The fourth-order valence-corrected chi connectivity index (χ4v) is 2.96. The van der Waals surface area contributed by atoms with Crippen molar-refractivity contribution in [3.05, 3.63) is 63.0 Å². The maximum Gasteiger partial charge on any atom is 0.324 e. The lowest BCUT2D eigenvalue weighted by Crippen LogP contribution is -2.23. The summed E-state index contributed by atoms with van der Waals surface area (Å²) in [6.07, 6.45) is 1.05. The summed E-state index contributed by atoms with van der Waals surface area (Å²) in [5.41, 5.74) is 2.30. The summed E-state index contributed by atoms with van der Waals surface area (Å²) in [5, 5.41) is 16.0. The molecule has 0 aliphatic rings. The lowest BCUT2D eigenvalue weighted by atomic mass is 10.2. The molecule has 22 heavy (non-hydrogen) atoms. The first-order chi connectivity index (χ1) is 10.6. The number of hydrogen-bond acceptors (Lipinski definition) is 5. The Morgan fingerprint density at radius 3 is 2.73 bits per heavy atom. The van der Waals surface area contributed by atoms with Crippen LogP contribution in [0.5, 0.6) is 0 Å². The van der Waals surface area contributed by atoms with Crippen LogP contribution in [0.4, 0.5) is 5.00 Å². The maximum absolute atomic E-state index is 10.6. The van der Waals surface area contributed by atoms with E-state index < -0.39 is 0 Å². The van der Waals surface area contributed by atoms with E-state index in [9.17, 15) is 10.1 Å². The fourth-order valence-electron chi connectivity index (χ4n) is 2.23. The van der Waals surface area contributed by atoms with Gasteiger partial charge in [0.25, 0.3) is 0 Å². The molecule has 2 aromatic rings. The normalized spacial score (nSPS) is 11.0. The van der Waals surface area contributed by atoms with Gasteiger partial charge in [-0.05, 0) is 37.7 Å². The highest BCUT2D eigenvalue weighted by atomic mass is 32.1. The number of hydrogen-bond donors (Lipinski definition) is 1. The standard InChI is InChI=1S/C16H21N3O2S/c1-18(12-14-6-3-2-4-7-14)9-5-8-17-11-15-10-16(19(20)21)22-13-15/h2-4,6-7,10,13,17H,5,8-9,11-12H2,1H3. The molecule has 0 aliphatic heterocycles. The van der Waals surface area contributed by atoms with Crippen molar-refractivity contribution in [3.63, 3.8) is 0 Å². The molecule has 1 aromatic heterocycles. The van der Waals surface area contributed by atoms with Gasteiger partial charge in [0, 0.05) is 24.5 Å².